The number of nitrogens with zero attached hydrogens (tertiary/aromatic N) is 1. The summed E-state index contributed by atoms with van der Waals surface area (Å²) in [5.41, 5.74) is 4.26. The Hall–Kier alpha value is -2.39. The third-order valence-electron chi connectivity index (χ3n) is 3.45. The highest BCUT2D eigenvalue weighted by Gasteiger charge is 2.07. The first kappa shape index (κ1) is 14.5. The average Bonchev–Trinajstić information content (AvgIpc) is 2.48. The first-order chi connectivity index (χ1) is 10.5. The molecule has 2 aromatic carbocycles. The zero-order valence-corrected chi connectivity index (χ0v) is 13.1. The number of hydrogen-bond acceptors (Lipinski definition) is 3. The number of carbonyl (C=O) groups excluding carboxylic acids is 1. The highest BCUT2D eigenvalue weighted by Crippen LogP contribution is 2.29. The number of anilines is 2. The molecular formula is C18H15ClN2O. The summed E-state index contributed by atoms with van der Waals surface area (Å²) in [6, 6.07) is 15.0. The molecule has 0 spiro atoms. The van der Waals surface area contributed by atoms with Gasteiger partial charge in [0.05, 0.1) is 5.52 Å². The van der Waals surface area contributed by atoms with Crippen LogP contribution in [0.5, 0.6) is 0 Å². The fraction of sp³-hybridized carbons (Fsp3) is 0.111. The monoisotopic (exact) mass is 310 g/mol. The molecule has 0 radical (unpaired) electrons. The maximum absolute atomic E-state index is 11.5. The van der Waals surface area contributed by atoms with Gasteiger partial charge in [0.2, 0.25) is 0 Å². The van der Waals surface area contributed by atoms with Crippen molar-refractivity contribution in [2.24, 2.45) is 0 Å². The Balaban J connectivity index is 2.08. The molecule has 110 valence electrons. The molecule has 1 heterocycles. The topological polar surface area (TPSA) is 42.0 Å². The maximum Gasteiger partial charge on any atom is 0.159 e. The molecule has 0 saturated heterocycles. The van der Waals surface area contributed by atoms with Crippen LogP contribution >= 0.6 is 11.6 Å². The van der Waals surface area contributed by atoms with Crippen molar-refractivity contribution in [3.63, 3.8) is 0 Å². The van der Waals surface area contributed by atoms with Gasteiger partial charge in [-0.1, -0.05) is 23.7 Å². The van der Waals surface area contributed by atoms with E-state index >= 15 is 0 Å². The third-order valence-corrected chi connectivity index (χ3v) is 3.68. The quantitative estimate of drug-likeness (QED) is 0.681. The van der Waals surface area contributed by atoms with Gasteiger partial charge in [-0.3, -0.25) is 9.78 Å². The van der Waals surface area contributed by atoms with E-state index in [0.29, 0.717) is 10.6 Å². The number of carbonyl (C=O) groups is 1. The van der Waals surface area contributed by atoms with Gasteiger partial charge in [0.25, 0.3) is 0 Å². The van der Waals surface area contributed by atoms with E-state index in [4.69, 9.17) is 11.6 Å². The highest BCUT2D eigenvalue weighted by atomic mass is 35.5. The van der Waals surface area contributed by atoms with Crippen molar-refractivity contribution < 1.29 is 4.79 Å². The van der Waals surface area contributed by atoms with E-state index in [0.717, 1.165) is 28.0 Å². The Bertz CT molecular complexity index is 874. The van der Waals surface area contributed by atoms with Gasteiger partial charge < -0.3 is 5.32 Å². The Kier molecular flexibility index (Phi) is 3.82. The summed E-state index contributed by atoms with van der Waals surface area (Å²) < 4.78 is 0. The summed E-state index contributed by atoms with van der Waals surface area (Å²) in [5.74, 6) is 0.0439. The predicted octanol–water partition coefficient (Wildman–Crippen LogP) is 5.14. The van der Waals surface area contributed by atoms with Crippen LogP contribution in [-0.4, -0.2) is 10.8 Å². The molecule has 0 fully saturated rings. The summed E-state index contributed by atoms with van der Waals surface area (Å²) in [7, 11) is 0. The largest absolute Gasteiger partial charge is 0.355 e. The second-order valence-electron chi connectivity index (χ2n) is 5.23. The zero-order chi connectivity index (χ0) is 15.7. The number of ketones is 1. The van der Waals surface area contributed by atoms with Gasteiger partial charge in [0.15, 0.2) is 5.78 Å². The number of rotatable bonds is 3. The predicted molar refractivity (Wildman–Crippen MR) is 91.2 cm³/mol. The van der Waals surface area contributed by atoms with E-state index < -0.39 is 0 Å². The number of nitrogens with one attached hydrogen (secondary N) is 1. The summed E-state index contributed by atoms with van der Waals surface area (Å²) in [5, 5.41) is 4.98. The van der Waals surface area contributed by atoms with Crippen LogP contribution in [0.15, 0.2) is 48.5 Å². The molecule has 0 aliphatic rings. The summed E-state index contributed by atoms with van der Waals surface area (Å²) >= 11 is 6.10. The lowest BCUT2D eigenvalue weighted by Crippen LogP contribution is -1.97. The number of aromatic nitrogens is 1. The first-order valence-electron chi connectivity index (χ1n) is 6.98. The molecule has 0 amide bonds. The van der Waals surface area contributed by atoms with Crippen molar-refractivity contribution in [2.45, 2.75) is 13.8 Å². The molecule has 0 aliphatic heterocycles. The van der Waals surface area contributed by atoms with E-state index in [1.54, 1.807) is 13.0 Å². The Morgan fingerprint density at radius 2 is 1.95 bits per heavy atom. The van der Waals surface area contributed by atoms with Crippen molar-refractivity contribution in [3.8, 4) is 0 Å². The molecule has 0 bridgehead atoms. The SMILES string of the molecule is CC(=O)c1cccc(Nc2cc(C)nc3ccc(Cl)cc23)c1. The maximum atomic E-state index is 11.5. The van der Waals surface area contributed by atoms with Gasteiger partial charge in [-0.25, -0.2) is 0 Å². The van der Waals surface area contributed by atoms with E-state index in [2.05, 4.69) is 10.3 Å². The average molecular weight is 311 g/mol. The molecule has 0 saturated carbocycles. The number of Topliss-reactive ketones (excluding diaryl/α,β-unsaturated/α-hetero) is 1. The van der Waals surface area contributed by atoms with Gasteiger partial charge >= 0.3 is 0 Å². The number of benzene rings is 2. The Morgan fingerprint density at radius 3 is 2.73 bits per heavy atom. The van der Waals surface area contributed by atoms with Crippen LogP contribution in [0.1, 0.15) is 23.0 Å². The van der Waals surface area contributed by atoms with Crippen molar-refractivity contribution >= 4 is 39.7 Å². The highest BCUT2D eigenvalue weighted by molar-refractivity contribution is 6.31. The molecule has 0 unspecified atom stereocenters. The normalized spacial score (nSPS) is 10.7. The second kappa shape index (κ2) is 5.78. The van der Waals surface area contributed by atoms with Crippen molar-refractivity contribution in [2.75, 3.05) is 5.32 Å². The van der Waals surface area contributed by atoms with E-state index in [9.17, 15) is 4.79 Å². The van der Waals surface area contributed by atoms with Crippen molar-refractivity contribution in [1.82, 2.24) is 4.98 Å². The third kappa shape index (κ3) is 2.95. The zero-order valence-electron chi connectivity index (χ0n) is 12.4. The number of fused-ring (bicyclic) bond motifs is 1. The number of hydrogen-bond donors (Lipinski definition) is 1. The molecular weight excluding hydrogens is 296 g/mol. The van der Waals surface area contributed by atoms with Crippen LogP contribution in [0.3, 0.4) is 0 Å². The van der Waals surface area contributed by atoms with Crippen LogP contribution in [0, 0.1) is 6.92 Å². The summed E-state index contributed by atoms with van der Waals surface area (Å²) in [4.78, 5) is 16.0. The molecule has 4 heteroatoms. The Morgan fingerprint density at radius 1 is 1.14 bits per heavy atom. The van der Waals surface area contributed by atoms with Gasteiger partial charge in [0, 0.05) is 33.0 Å². The fourth-order valence-electron chi connectivity index (χ4n) is 2.41. The van der Waals surface area contributed by atoms with Crippen LogP contribution in [0.2, 0.25) is 5.02 Å². The van der Waals surface area contributed by atoms with Crippen molar-refractivity contribution in [3.05, 3.63) is 64.8 Å². The molecule has 3 nitrogen and oxygen atoms in total. The van der Waals surface area contributed by atoms with Gasteiger partial charge in [-0.2, -0.15) is 0 Å². The number of aryl methyl sites for hydroxylation is 1. The molecule has 3 aromatic rings. The van der Waals surface area contributed by atoms with Gasteiger partial charge in [-0.15, -0.1) is 0 Å². The van der Waals surface area contributed by atoms with Crippen molar-refractivity contribution in [1.29, 1.82) is 0 Å². The van der Waals surface area contributed by atoms with E-state index in [-0.39, 0.29) is 5.78 Å². The van der Waals surface area contributed by atoms with Crippen LogP contribution in [-0.2, 0) is 0 Å². The minimum Gasteiger partial charge on any atom is -0.355 e. The summed E-state index contributed by atoms with van der Waals surface area (Å²) in [6.45, 7) is 3.51. The lowest BCUT2D eigenvalue weighted by molar-refractivity contribution is 0.101. The second-order valence-corrected chi connectivity index (χ2v) is 5.67. The van der Waals surface area contributed by atoms with Gasteiger partial charge in [0.1, 0.15) is 0 Å². The van der Waals surface area contributed by atoms with Crippen LogP contribution < -0.4 is 5.32 Å². The molecule has 1 N–H and O–H groups in total. The minimum absolute atomic E-state index is 0.0439. The number of halogens is 1. The molecule has 0 atom stereocenters. The standard InChI is InChI=1S/C18H15ClN2O/c1-11-8-18(16-10-14(19)6-7-17(16)20-11)21-15-5-3-4-13(9-15)12(2)22/h3-10H,1-2H3,(H,20,21). The lowest BCUT2D eigenvalue weighted by Gasteiger charge is -2.12. The summed E-state index contributed by atoms with van der Waals surface area (Å²) in [6.07, 6.45) is 0. The lowest BCUT2D eigenvalue weighted by atomic mass is 10.1. The molecule has 1 aromatic heterocycles. The molecule has 3 rings (SSSR count). The smallest absolute Gasteiger partial charge is 0.159 e. The Labute approximate surface area is 133 Å². The molecule has 0 aliphatic carbocycles. The number of pyridine rings is 1. The molecule has 22 heavy (non-hydrogen) atoms. The van der Waals surface area contributed by atoms with Crippen LogP contribution in [0.25, 0.3) is 10.9 Å². The minimum atomic E-state index is 0.0439. The van der Waals surface area contributed by atoms with E-state index in [1.165, 1.54) is 0 Å². The fourth-order valence-corrected chi connectivity index (χ4v) is 2.58. The van der Waals surface area contributed by atoms with Gasteiger partial charge in [-0.05, 0) is 50.2 Å². The van der Waals surface area contributed by atoms with E-state index in [1.807, 2.05) is 49.4 Å². The first-order valence-corrected chi connectivity index (χ1v) is 7.36. The van der Waals surface area contributed by atoms with Crippen LogP contribution in [0.4, 0.5) is 11.4 Å².